The van der Waals surface area contributed by atoms with Crippen molar-refractivity contribution in [1.29, 1.82) is 0 Å². The SMILES string of the molecule is CCCn1c(Oc2ccc(C)cc2)nc2nc(C3CCCC3)[nH]c2c1=O. The van der Waals surface area contributed by atoms with E-state index in [1.807, 2.05) is 38.1 Å². The second kappa shape index (κ2) is 6.94. The summed E-state index contributed by atoms with van der Waals surface area (Å²) in [6.07, 6.45) is 5.50. The van der Waals surface area contributed by atoms with Crippen LogP contribution in [0, 0.1) is 6.92 Å². The lowest BCUT2D eigenvalue weighted by molar-refractivity contribution is 0.398. The number of rotatable bonds is 5. The lowest BCUT2D eigenvalue weighted by Crippen LogP contribution is -2.23. The molecular formula is C20H24N4O2. The van der Waals surface area contributed by atoms with E-state index in [9.17, 15) is 4.79 Å². The van der Waals surface area contributed by atoms with Gasteiger partial charge in [0.1, 0.15) is 11.6 Å². The molecule has 3 aromatic rings. The standard InChI is InChI=1S/C20H24N4O2/c1-3-12-24-19(25)16-18(22-17(21-16)14-6-4-5-7-14)23-20(24)26-15-10-8-13(2)9-11-15/h8-11,14H,3-7,12H2,1-2H3,(H,21,22). The van der Waals surface area contributed by atoms with Gasteiger partial charge in [-0.2, -0.15) is 4.98 Å². The predicted octanol–water partition coefficient (Wildman–Crippen LogP) is 4.29. The van der Waals surface area contributed by atoms with Gasteiger partial charge in [0.15, 0.2) is 11.2 Å². The largest absolute Gasteiger partial charge is 0.425 e. The topological polar surface area (TPSA) is 72.8 Å². The molecule has 136 valence electrons. The van der Waals surface area contributed by atoms with Gasteiger partial charge in [-0.1, -0.05) is 37.5 Å². The molecule has 1 aromatic carbocycles. The summed E-state index contributed by atoms with van der Waals surface area (Å²) in [4.78, 5) is 25.4. The monoisotopic (exact) mass is 352 g/mol. The van der Waals surface area contributed by atoms with E-state index in [4.69, 9.17) is 4.74 Å². The normalized spacial score (nSPS) is 15.0. The molecule has 2 aromatic heterocycles. The minimum Gasteiger partial charge on any atom is -0.425 e. The van der Waals surface area contributed by atoms with E-state index in [2.05, 4.69) is 15.0 Å². The van der Waals surface area contributed by atoms with E-state index < -0.39 is 0 Å². The number of nitrogens with one attached hydrogen (secondary N) is 1. The minimum absolute atomic E-state index is 0.115. The van der Waals surface area contributed by atoms with E-state index >= 15 is 0 Å². The van der Waals surface area contributed by atoms with Crippen LogP contribution >= 0.6 is 0 Å². The number of hydrogen-bond acceptors (Lipinski definition) is 4. The fourth-order valence-corrected chi connectivity index (χ4v) is 3.59. The average molecular weight is 352 g/mol. The van der Waals surface area contributed by atoms with Gasteiger partial charge in [0.25, 0.3) is 5.56 Å². The summed E-state index contributed by atoms with van der Waals surface area (Å²) < 4.78 is 7.53. The summed E-state index contributed by atoms with van der Waals surface area (Å²) >= 11 is 0. The zero-order chi connectivity index (χ0) is 18.1. The van der Waals surface area contributed by atoms with Gasteiger partial charge in [0.05, 0.1) is 0 Å². The molecule has 1 aliphatic carbocycles. The highest BCUT2D eigenvalue weighted by atomic mass is 16.5. The van der Waals surface area contributed by atoms with Gasteiger partial charge in [-0.15, -0.1) is 0 Å². The fourth-order valence-electron chi connectivity index (χ4n) is 3.59. The third-order valence-corrected chi connectivity index (χ3v) is 5.01. The van der Waals surface area contributed by atoms with Crippen LogP contribution in [0.5, 0.6) is 11.8 Å². The van der Waals surface area contributed by atoms with Crippen molar-refractivity contribution in [2.45, 2.75) is 58.4 Å². The lowest BCUT2D eigenvalue weighted by Gasteiger charge is -2.11. The number of ether oxygens (including phenoxy) is 1. The molecule has 26 heavy (non-hydrogen) atoms. The van der Waals surface area contributed by atoms with Crippen LogP contribution in [-0.4, -0.2) is 19.5 Å². The Morgan fingerprint density at radius 3 is 2.62 bits per heavy atom. The van der Waals surface area contributed by atoms with Gasteiger partial charge in [-0.05, 0) is 38.3 Å². The summed E-state index contributed by atoms with van der Waals surface area (Å²) in [6, 6.07) is 8.02. The van der Waals surface area contributed by atoms with E-state index in [-0.39, 0.29) is 5.56 Å². The van der Waals surface area contributed by atoms with Gasteiger partial charge in [-0.25, -0.2) is 4.98 Å². The molecule has 0 bridgehead atoms. The van der Waals surface area contributed by atoms with Crippen LogP contribution in [0.3, 0.4) is 0 Å². The Bertz CT molecular complexity index is 966. The third-order valence-electron chi connectivity index (χ3n) is 5.01. The average Bonchev–Trinajstić information content (AvgIpc) is 3.29. The van der Waals surface area contributed by atoms with Crippen molar-refractivity contribution in [3.63, 3.8) is 0 Å². The Morgan fingerprint density at radius 2 is 1.92 bits per heavy atom. The third kappa shape index (κ3) is 3.11. The fraction of sp³-hybridized carbons (Fsp3) is 0.450. The number of fused-ring (bicyclic) bond motifs is 1. The van der Waals surface area contributed by atoms with Crippen LogP contribution in [0.2, 0.25) is 0 Å². The first-order valence-electron chi connectivity index (χ1n) is 9.40. The molecule has 4 rings (SSSR count). The van der Waals surface area contributed by atoms with Crippen LogP contribution in [0.4, 0.5) is 0 Å². The van der Waals surface area contributed by atoms with Crippen molar-refractivity contribution >= 4 is 11.2 Å². The van der Waals surface area contributed by atoms with Crippen molar-refractivity contribution < 1.29 is 4.74 Å². The molecule has 0 unspecified atom stereocenters. The van der Waals surface area contributed by atoms with Gasteiger partial charge >= 0.3 is 6.01 Å². The predicted molar refractivity (Wildman–Crippen MR) is 101 cm³/mol. The molecule has 1 aliphatic rings. The molecule has 0 amide bonds. The van der Waals surface area contributed by atoms with Crippen molar-refractivity contribution in [2.75, 3.05) is 0 Å². The van der Waals surface area contributed by atoms with Crippen molar-refractivity contribution in [3.8, 4) is 11.8 Å². The molecule has 1 saturated carbocycles. The quantitative estimate of drug-likeness (QED) is 0.743. The molecule has 6 nitrogen and oxygen atoms in total. The Hall–Kier alpha value is -2.63. The number of imidazole rings is 1. The highest BCUT2D eigenvalue weighted by Gasteiger charge is 2.23. The number of nitrogens with zero attached hydrogens (tertiary/aromatic N) is 3. The Labute approximate surface area is 152 Å². The van der Waals surface area contributed by atoms with Crippen LogP contribution < -0.4 is 10.3 Å². The van der Waals surface area contributed by atoms with Crippen LogP contribution in [0.15, 0.2) is 29.1 Å². The Balaban J connectivity index is 1.78. The van der Waals surface area contributed by atoms with Crippen molar-refractivity contribution in [1.82, 2.24) is 19.5 Å². The summed E-state index contributed by atoms with van der Waals surface area (Å²) in [7, 11) is 0. The second-order valence-corrected chi connectivity index (χ2v) is 7.07. The molecule has 0 radical (unpaired) electrons. The maximum atomic E-state index is 13.0. The molecule has 2 heterocycles. The highest BCUT2D eigenvalue weighted by Crippen LogP contribution is 2.33. The van der Waals surface area contributed by atoms with E-state index in [0.29, 0.717) is 35.4 Å². The molecule has 0 atom stereocenters. The molecule has 0 spiro atoms. The second-order valence-electron chi connectivity index (χ2n) is 7.07. The smallest absolute Gasteiger partial charge is 0.306 e. The molecule has 6 heteroatoms. The van der Waals surface area contributed by atoms with Gasteiger partial charge in [-0.3, -0.25) is 9.36 Å². The summed E-state index contributed by atoms with van der Waals surface area (Å²) in [5.41, 5.74) is 1.97. The zero-order valence-corrected chi connectivity index (χ0v) is 15.3. The number of H-pyrrole nitrogens is 1. The van der Waals surface area contributed by atoms with Crippen molar-refractivity contribution in [3.05, 3.63) is 46.0 Å². The first-order valence-corrected chi connectivity index (χ1v) is 9.40. The number of benzene rings is 1. The molecule has 1 fully saturated rings. The lowest BCUT2D eigenvalue weighted by atomic mass is 10.1. The zero-order valence-electron chi connectivity index (χ0n) is 15.3. The van der Waals surface area contributed by atoms with Crippen molar-refractivity contribution in [2.24, 2.45) is 0 Å². The Kier molecular flexibility index (Phi) is 4.49. The van der Waals surface area contributed by atoms with Gasteiger partial charge in [0.2, 0.25) is 0 Å². The summed E-state index contributed by atoms with van der Waals surface area (Å²) in [5, 5.41) is 0. The first-order chi connectivity index (χ1) is 12.7. The number of aryl methyl sites for hydroxylation is 1. The van der Waals surface area contributed by atoms with Gasteiger partial charge < -0.3 is 9.72 Å². The molecule has 0 aliphatic heterocycles. The van der Waals surface area contributed by atoms with E-state index in [1.165, 1.54) is 12.8 Å². The summed E-state index contributed by atoms with van der Waals surface area (Å²) in [5.74, 6) is 1.96. The minimum atomic E-state index is -0.115. The highest BCUT2D eigenvalue weighted by molar-refractivity contribution is 5.70. The number of aromatic amines is 1. The Morgan fingerprint density at radius 1 is 1.19 bits per heavy atom. The molecule has 1 N–H and O–H groups in total. The van der Waals surface area contributed by atoms with E-state index in [0.717, 1.165) is 30.7 Å². The van der Waals surface area contributed by atoms with Gasteiger partial charge in [0, 0.05) is 12.5 Å². The maximum Gasteiger partial charge on any atom is 0.306 e. The van der Waals surface area contributed by atoms with E-state index in [1.54, 1.807) is 4.57 Å². The van der Waals surface area contributed by atoms with Crippen LogP contribution in [0.1, 0.15) is 56.3 Å². The van der Waals surface area contributed by atoms with Crippen LogP contribution in [-0.2, 0) is 6.54 Å². The molecular weight excluding hydrogens is 328 g/mol. The van der Waals surface area contributed by atoms with Crippen LogP contribution in [0.25, 0.3) is 11.2 Å². The summed E-state index contributed by atoms with van der Waals surface area (Å²) in [6.45, 7) is 4.61. The maximum absolute atomic E-state index is 13.0. The molecule has 0 saturated heterocycles. The number of aromatic nitrogens is 4. The number of hydrogen-bond donors (Lipinski definition) is 1. The first kappa shape index (κ1) is 16.8.